The molecular formula is C24H16ClF3N2O. The van der Waals surface area contributed by atoms with Crippen molar-refractivity contribution in [3.05, 3.63) is 101 Å². The van der Waals surface area contributed by atoms with E-state index in [0.29, 0.717) is 11.1 Å². The lowest BCUT2D eigenvalue weighted by atomic mass is 9.83. The van der Waals surface area contributed by atoms with Gasteiger partial charge in [0.15, 0.2) is 0 Å². The van der Waals surface area contributed by atoms with E-state index in [0.717, 1.165) is 33.9 Å². The first-order valence-electron chi connectivity index (χ1n) is 9.53. The summed E-state index contributed by atoms with van der Waals surface area (Å²) in [6, 6.07) is 18.3. The van der Waals surface area contributed by atoms with E-state index < -0.39 is 22.4 Å². The third kappa shape index (κ3) is 2.98. The average Bonchev–Trinajstić information content (AvgIpc) is 3.38. The Morgan fingerprint density at radius 2 is 1.23 bits per heavy atom. The standard InChI is InChI=1S/C24H16ClF3N2O/c25-23(18-12-29-20-7-3-1-5-15(18)20,19-13-30-21-8-4-2-6-16(19)21)14-9-10-22(31)17(11-14)24(26,27)28/h1-13,29-31H. The molecule has 0 spiro atoms. The van der Waals surface area contributed by atoms with E-state index in [1.54, 1.807) is 12.4 Å². The predicted molar refractivity (Wildman–Crippen MR) is 115 cm³/mol. The maximum absolute atomic E-state index is 13.6. The van der Waals surface area contributed by atoms with Crippen LogP contribution in [0.5, 0.6) is 5.75 Å². The zero-order valence-electron chi connectivity index (χ0n) is 16.0. The van der Waals surface area contributed by atoms with Gasteiger partial charge in [-0.2, -0.15) is 13.2 Å². The molecule has 2 aromatic heterocycles. The molecule has 3 aromatic carbocycles. The fraction of sp³-hybridized carbons (Fsp3) is 0.0833. The van der Waals surface area contributed by atoms with E-state index in [2.05, 4.69) is 9.97 Å². The number of nitrogens with one attached hydrogen (secondary N) is 2. The number of aromatic nitrogens is 2. The lowest BCUT2D eigenvalue weighted by Gasteiger charge is -2.29. The number of hydrogen-bond donors (Lipinski definition) is 3. The SMILES string of the molecule is Oc1ccc(C(Cl)(c2c[nH]c3ccccc23)c2c[nH]c3ccccc23)cc1C(F)(F)F. The number of phenols is 1. The minimum absolute atomic E-state index is 0.203. The van der Waals surface area contributed by atoms with E-state index in [1.165, 1.54) is 6.07 Å². The van der Waals surface area contributed by atoms with E-state index in [-0.39, 0.29) is 5.56 Å². The lowest BCUT2D eigenvalue weighted by Crippen LogP contribution is -2.22. The highest BCUT2D eigenvalue weighted by Gasteiger charge is 2.41. The second kappa shape index (κ2) is 6.82. The second-order valence-electron chi connectivity index (χ2n) is 7.38. The molecule has 156 valence electrons. The monoisotopic (exact) mass is 440 g/mol. The zero-order chi connectivity index (χ0) is 21.8. The third-order valence-electron chi connectivity index (χ3n) is 5.62. The van der Waals surface area contributed by atoms with Gasteiger partial charge in [-0.1, -0.05) is 42.5 Å². The Labute approximate surface area is 180 Å². The summed E-state index contributed by atoms with van der Waals surface area (Å²) in [6.45, 7) is 0. The topological polar surface area (TPSA) is 51.8 Å². The number of benzene rings is 3. The molecule has 5 aromatic rings. The van der Waals surface area contributed by atoms with Crippen molar-refractivity contribution in [1.29, 1.82) is 0 Å². The number of rotatable bonds is 3. The summed E-state index contributed by atoms with van der Waals surface area (Å²) >= 11 is 7.34. The normalized spacial score (nSPS) is 12.6. The highest BCUT2D eigenvalue weighted by Crippen LogP contribution is 2.49. The molecule has 0 aliphatic rings. The Hall–Kier alpha value is -3.38. The number of alkyl halides is 4. The van der Waals surface area contributed by atoms with Gasteiger partial charge in [0.25, 0.3) is 0 Å². The van der Waals surface area contributed by atoms with Gasteiger partial charge in [-0.05, 0) is 29.8 Å². The van der Waals surface area contributed by atoms with Crippen LogP contribution in [0.15, 0.2) is 79.1 Å². The molecule has 0 atom stereocenters. The maximum Gasteiger partial charge on any atom is 0.419 e. The van der Waals surface area contributed by atoms with E-state index in [4.69, 9.17) is 11.6 Å². The number of phenolic OH excluding ortho intramolecular Hbond substituents is 1. The van der Waals surface area contributed by atoms with Crippen LogP contribution in [0.2, 0.25) is 0 Å². The summed E-state index contributed by atoms with van der Waals surface area (Å²) < 4.78 is 40.8. The molecule has 0 aliphatic carbocycles. The molecule has 31 heavy (non-hydrogen) atoms. The molecule has 5 rings (SSSR count). The van der Waals surface area contributed by atoms with Crippen LogP contribution in [0.1, 0.15) is 22.3 Å². The second-order valence-corrected chi connectivity index (χ2v) is 7.95. The van der Waals surface area contributed by atoms with E-state index >= 15 is 0 Å². The van der Waals surface area contributed by atoms with Crippen LogP contribution >= 0.6 is 11.6 Å². The number of para-hydroxylation sites is 2. The Bertz CT molecular complexity index is 1340. The Morgan fingerprint density at radius 3 is 1.74 bits per heavy atom. The number of fused-ring (bicyclic) bond motifs is 2. The summed E-state index contributed by atoms with van der Waals surface area (Å²) in [5.74, 6) is -0.840. The zero-order valence-corrected chi connectivity index (χ0v) is 16.7. The molecule has 7 heteroatoms. The fourth-order valence-corrected chi connectivity index (χ4v) is 4.58. The summed E-state index contributed by atoms with van der Waals surface area (Å²) in [5, 5.41) is 11.5. The van der Waals surface area contributed by atoms with Gasteiger partial charge >= 0.3 is 6.18 Å². The molecule has 0 saturated heterocycles. The fourth-order valence-electron chi connectivity index (χ4n) is 4.15. The maximum atomic E-state index is 13.6. The quantitative estimate of drug-likeness (QED) is 0.262. The average molecular weight is 441 g/mol. The summed E-state index contributed by atoms with van der Waals surface area (Å²) in [5.41, 5.74) is 1.94. The van der Waals surface area contributed by atoms with Crippen molar-refractivity contribution in [2.75, 3.05) is 0 Å². The Morgan fingerprint density at radius 1 is 0.710 bits per heavy atom. The van der Waals surface area contributed by atoms with Crippen molar-refractivity contribution in [3.63, 3.8) is 0 Å². The highest BCUT2D eigenvalue weighted by molar-refractivity contribution is 6.30. The van der Waals surface area contributed by atoms with Crippen molar-refractivity contribution in [2.45, 2.75) is 11.1 Å². The minimum Gasteiger partial charge on any atom is -0.507 e. The molecule has 0 fully saturated rings. The molecule has 0 saturated carbocycles. The van der Waals surface area contributed by atoms with Gasteiger partial charge in [0.05, 0.1) is 5.56 Å². The lowest BCUT2D eigenvalue weighted by molar-refractivity contribution is -0.138. The number of aromatic hydroxyl groups is 1. The molecule has 0 bridgehead atoms. The van der Waals surface area contributed by atoms with Gasteiger partial charge in [-0.15, -0.1) is 11.6 Å². The van der Waals surface area contributed by atoms with Crippen LogP contribution in [0.4, 0.5) is 13.2 Å². The van der Waals surface area contributed by atoms with Gasteiger partial charge in [-0.25, -0.2) is 0 Å². The van der Waals surface area contributed by atoms with Gasteiger partial charge in [-0.3, -0.25) is 0 Å². The number of aromatic amines is 2. The molecule has 3 N–H and O–H groups in total. The first kappa shape index (κ1) is 19.6. The molecule has 0 radical (unpaired) electrons. The van der Waals surface area contributed by atoms with E-state index in [9.17, 15) is 18.3 Å². The van der Waals surface area contributed by atoms with Crippen LogP contribution in [-0.4, -0.2) is 15.1 Å². The van der Waals surface area contributed by atoms with Crippen molar-refractivity contribution < 1.29 is 18.3 Å². The number of halogens is 4. The van der Waals surface area contributed by atoms with E-state index in [1.807, 2.05) is 48.5 Å². The number of H-pyrrole nitrogens is 2. The Balaban J connectivity index is 1.87. The smallest absolute Gasteiger partial charge is 0.419 e. The van der Waals surface area contributed by atoms with Crippen LogP contribution in [0.3, 0.4) is 0 Å². The summed E-state index contributed by atoms with van der Waals surface area (Å²) in [6.07, 6.45) is -1.28. The van der Waals surface area contributed by atoms with Crippen LogP contribution < -0.4 is 0 Å². The molecule has 0 unspecified atom stereocenters. The summed E-state index contributed by atoms with van der Waals surface area (Å²) in [4.78, 5) is 4.88. The van der Waals surface area contributed by atoms with Crippen LogP contribution in [-0.2, 0) is 11.1 Å². The first-order chi connectivity index (χ1) is 14.8. The van der Waals surface area contributed by atoms with Crippen LogP contribution in [0.25, 0.3) is 21.8 Å². The molecule has 0 aliphatic heterocycles. The van der Waals surface area contributed by atoms with Crippen molar-refractivity contribution >= 4 is 33.4 Å². The van der Waals surface area contributed by atoms with Crippen molar-refractivity contribution in [2.24, 2.45) is 0 Å². The van der Waals surface area contributed by atoms with Crippen molar-refractivity contribution in [3.8, 4) is 5.75 Å². The molecule has 0 amide bonds. The summed E-state index contributed by atoms with van der Waals surface area (Å²) in [7, 11) is 0. The third-order valence-corrected chi connectivity index (χ3v) is 6.25. The van der Waals surface area contributed by atoms with Crippen molar-refractivity contribution in [1.82, 2.24) is 9.97 Å². The van der Waals surface area contributed by atoms with Gasteiger partial charge in [0.2, 0.25) is 0 Å². The highest BCUT2D eigenvalue weighted by atomic mass is 35.5. The first-order valence-corrected chi connectivity index (χ1v) is 9.90. The molecule has 2 heterocycles. The number of hydrogen-bond acceptors (Lipinski definition) is 1. The van der Waals surface area contributed by atoms with Gasteiger partial charge < -0.3 is 15.1 Å². The van der Waals surface area contributed by atoms with Gasteiger partial charge in [0, 0.05) is 45.3 Å². The Kier molecular flexibility index (Phi) is 4.31. The molecular weight excluding hydrogens is 425 g/mol. The predicted octanol–water partition coefficient (Wildman–Crippen LogP) is 6.90. The van der Waals surface area contributed by atoms with Crippen LogP contribution in [0, 0.1) is 0 Å². The minimum atomic E-state index is -4.72. The largest absolute Gasteiger partial charge is 0.507 e. The van der Waals surface area contributed by atoms with Gasteiger partial charge in [0.1, 0.15) is 10.6 Å². The molecule has 3 nitrogen and oxygen atoms in total.